The third kappa shape index (κ3) is 12.9. The molecule has 0 N–H and O–H groups in total. The Balaban J connectivity index is 3.62. The fraction of sp³-hybridized carbons (Fsp3) is 0.947. The quantitative estimate of drug-likeness (QED) is 0.308. The minimum atomic E-state index is 0.00111. The van der Waals surface area contributed by atoms with Crippen molar-refractivity contribution in [2.45, 2.75) is 92.4 Å². The van der Waals surface area contributed by atoms with Crippen molar-refractivity contribution < 1.29 is 9.53 Å². The highest BCUT2D eigenvalue weighted by Gasteiger charge is 2.15. The predicted octanol–water partition coefficient (Wildman–Crippen LogP) is 5.99. The molecule has 0 aromatic rings. The molecule has 0 aliphatic carbocycles. The minimum Gasteiger partial charge on any atom is -0.465 e. The fourth-order valence-corrected chi connectivity index (χ4v) is 2.50. The van der Waals surface area contributed by atoms with E-state index in [1.807, 2.05) is 6.92 Å². The first kappa shape index (κ1) is 20.5. The van der Waals surface area contributed by atoms with E-state index in [2.05, 4.69) is 27.7 Å². The molecular formula is C19H38O2. The first-order valence-electron chi connectivity index (χ1n) is 9.14. The van der Waals surface area contributed by atoms with Gasteiger partial charge in [0.25, 0.3) is 0 Å². The number of carbonyl (C=O) groups excluding carboxylic acids is 1. The van der Waals surface area contributed by atoms with Gasteiger partial charge in [-0.2, -0.15) is 0 Å². The van der Waals surface area contributed by atoms with Crippen molar-refractivity contribution in [2.24, 2.45) is 17.8 Å². The molecule has 0 saturated carbocycles. The van der Waals surface area contributed by atoms with Crippen LogP contribution < -0.4 is 0 Å². The molecule has 2 nitrogen and oxygen atoms in total. The lowest BCUT2D eigenvalue weighted by molar-refractivity contribution is -0.149. The standard InChI is InChI=1S/C19H38O2/c1-6-7-8-9-10-14-18(5)19(20)21-15-17(4)13-11-12-16(2)3/h16-18H,6-15H2,1-5H3. The van der Waals surface area contributed by atoms with Gasteiger partial charge >= 0.3 is 5.97 Å². The molecule has 0 amide bonds. The first-order valence-corrected chi connectivity index (χ1v) is 9.14. The molecule has 2 heteroatoms. The normalized spacial score (nSPS) is 14.2. The summed E-state index contributed by atoms with van der Waals surface area (Å²) in [5, 5.41) is 0. The van der Waals surface area contributed by atoms with E-state index in [-0.39, 0.29) is 11.9 Å². The Morgan fingerprint density at radius 1 is 0.857 bits per heavy atom. The number of esters is 1. The van der Waals surface area contributed by atoms with E-state index in [0.29, 0.717) is 12.5 Å². The van der Waals surface area contributed by atoms with Crippen molar-refractivity contribution in [1.82, 2.24) is 0 Å². The monoisotopic (exact) mass is 298 g/mol. The fourth-order valence-electron chi connectivity index (χ4n) is 2.50. The number of hydrogen-bond donors (Lipinski definition) is 0. The number of unbranched alkanes of at least 4 members (excludes halogenated alkanes) is 4. The van der Waals surface area contributed by atoms with E-state index in [9.17, 15) is 4.79 Å². The maximum atomic E-state index is 11.9. The molecule has 0 saturated heterocycles. The van der Waals surface area contributed by atoms with Crippen LogP contribution in [0, 0.1) is 17.8 Å². The second kappa shape index (κ2) is 13.2. The van der Waals surface area contributed by atoms with Crippen molar-refractivity contribution in [3.8, 4) is 0 Å². The highest BCUT2D eigenvalue weighted by Crippen LogP contribution is 2.15. The number of carbonyl (C=O) groups is 1. The largest absolute Gasteiger partial charge is 0.465 e. The average molecular weight is 299 g/mol. The van der Waals surface area contributed by atoms with Crippen LogP contribution in [0.1, 0.15) is 92.4 Å². The molecule has 0 aromatic carbocycles. The van der Waals surface area contributed by atoms with Crippen LogP contribution in [0.5, 0.6) is 0 Å². The maximum absolute atomic E-state index is 11.9. The molecule has 0 aliphatic rings. The molecule has 0 aliphatic heterocycles. The van der Waals surface area contributed by atoms with Gasteiger partial charge in [-0.1, -0.05) is 79.6 Å². The van der Waals surface area contributed by atoms with Gasteiger partial charge in [0.15, 0.2) is 0 Å². The highest BCUT2D eigenvalue weighted by molar-refractivity contribution is 5.71. The van der Waals surface area contributed by atoms with Crippen LogP contribution in [-0.2, 0) is 9.53 Å². The third-order valence-electron chi connectivity index (χ3n) is 4.13. The van der Waals surface area contributed by atoms with E-state index in [1.165, 1.54) is 38.5 Å². The van der Waals surface area contributed by atoms with Gasteiger partial charge in [-0.25, -0.2) is 0 Å². The van der Waals surface area contributed by atoms with Crippen LogP contribution in [0.15, 0.2) is 0 Å². The summed E-state index contributed by atoms with van der Waals surface area (Å²) in [7, 11) is 0. The van der Waals surface area contributed by atoms with Crippen LogP contribution in [0.4, 0.5) is 0 Å². The van der Waals surface area contributed by atoms with Crippen LogP contribution in [0.2, 0.25) is 0 Å². The Hall–Kier alpha value is -0.530. The SMILES string of the molecule is CCCCCCCC(C)C(=O)OCC(C)CCCC(C)C. The third-order valence-corrected chi connectivity index (χ3v) is 4.13. The number of hydrogen-bond acceptors (Lipinski definition) is 2. The molecule has 0 radical (unpaired) electrons. The summed E-state index contributed by atoms with van der Waals surface area (Å²) in [6, 6.07) is 0. The van der Waals surface area contributed by atoms with Crippen molar-refractivity contribution in [2.75, 3.05) is 6.61 Å². The van der Waals surface area contributed by atoms with E-state index in [1.54, 1.807) is 0 Å². The van der Waals surface area contributed by atoms with Gasteiger partial charge in [0.1, 0.15) is 0 Å². The van der Waals surface area contributed by atoms with Crippen molar-refractivity contribution in [3.05, 3.63) is 0 Å². The van der Waals surface area contributed by atoms with Gasteiger partial charge in [0.05, 0.1) is 12.5 Å². The highest BCUT2D eigenvalue weighted by atomic mass is 16.5. The molecule has 0 rings (SSSR count). The van der Waals surface area contributed by atoms with Gasteiger partial charge in [0, 0.05) is 0 Å². The summed E-state index contributed by atoms with van der Waals surface area (Å²) in [5.74, 6) is 1.33. The summed E-state index contributed by atoms with van der Waals surface area (Å²) >= 11 is 0. The lowest BCUT2D eigenvalue weighted by atomic mass is 10.00. The predicted molar refractivity (Wildman–Crippen MR) is 91.4 cm³/mol. The summed E-state index contributed by atoms with van der Waals surface area (Å²) in [5.41, 5.74) is 0. The van der Waals surface area contributed by atoms with Gasteiger partial charge in [-0.3, -0.25) is 4.79 Å². The zero-order valence-corrected chi connectivity index (χ0v) is 15.1. The zero-order valence-electron chi connectivity index (χ0n) is 15.1. The van der Waals surface area contributed by atoms with E-state index < -0.39 is 0 Å². The Bertz CT molecular complexity index is 248. The average Bonchev–Trinajstić information content (AvgIpc) is 2.43. The summed E-state index contributed by atoms with van der Waals surface area (Å²) < 4.78 is 5.46. The first-order chi connectivity index (χ1) is 9.97. The molecule has 2 atom stereocenters. The second-order valence-electron chi connectivity index (χ2n) is 7.16. The van der Waals surface area contributed by atoms with E-state index >= 15 is 0 Å². The molecule has 21 heavy (non-hydrogen) atoms. The molecule has 0 heterocycles. The second-order valence-corrected chi connectivity index (χ2v) is 7.16. The molecular weight excluding hydrogens is 260 g/mol. The van der Waals surface area contributed by atoms with Crippen LogP contribution in [0.25, 0.3) is 0 Å². The molecule has 0 bridgehead atoms. The Morgan fingerprint density at radius 2 is 1.52 bits per heavy atom. The zero-order chi connectivity index (χ0) is 16.1. The van der Waals surface area contributed by atoms with Gasteiger partial charge in [0.2, 0.25) is 0 Å². The Kier molecular flexibility index (Phi) is 12.8. The van der Waals surface area contributed by atoms with E-state index in [0.717, 1.165) is 25.2 Å². The van der Waals surface area contributed by atoms with Crippen molar-refractivity contribution in [3.63, 3.8) is 0 Å². The summed E-state index contributed by atoms with van der Waals surface area (Å²) in [6.07, 6.45) is 10.9. The van der Waals surface area contributed by atoms with Crippen molar-refractivity contribution >= 4 is 5.97 Å². The van der Waals surface area contributed by atoms with Crippen LogP contribution in [0.3, 0.4) is 0 Å². The minimum absolute atomic E-state index is 0.00111. The lowest BCUT2D eigenvalue weighted by Crippen LogP contribution is -2.18. The topological polar surface area (TPSA) is 26.3 Å². The van der Waals surface area contributed by atoms with Crippen LogP contribution >= 0.6 is 0 Å². The van der Waals surface area contributed by atoms with Gasteiger partial charge in [-0.15, -0.1) is 0 Å². The number of ether oxygens (including phenoxy) is 1. The molecule has 2 unspecified atom stereocenters. The summed E-state index contributed by atoms with van der Waals surface area (Å²) in [6.45, 7) is 11.5. The Labute approximate surface area is 133 Å². The summed E-state index contributed by atoms with van der Waals surface area (Å²) in [4.78, 5) is 11.9. The molecule has 0 spiro atoms. The lowest BCUT2D eigenvalue weighted by Gasteiger charge is -2.15. The molecule has 126 valence electrons. The molecule has 0 aromatic heterocycles. The maximum Gasteiger partial charge on any atom is 0.308 e. The molecule has 0 fully saturated rings. The smallest absolute Gasteiger partial charge is 0.308 e. The van der Waals surface area contributed by atoms with Crippen molar-refractivity contribution in [1.29, 1.82) is 0 Å². The van der Waals surface area contributed by atoms with E-state index in [4.69, 9.17) is 4.74 Å². The van der Waals surface area contributed by atoms with Gasteiger partial charge < -0.3 is 4.74 Å². The van der Waals surface area contributed by atoms with Gasteiger partial charge in [-0.05, 0) is 24.7 Å². The number of rotatable bonds is 13. The Morgan fingerprint density at radius 3 is 2.14 bits per heavy atom. The van der Waals surface area contributed by atoms with Crippen LogP contribution in [-0.4, -0.2) is 12.6 Å².